The van der Waals surface area contributed by atoms with E-state index in [1.54, 1.807) is 17.6 Å². The molecular weight excluding hydrogens is 208 g/mol. The molecule has 0 spiro atoms. The van der Waals surface area contributed by atoms with E-state index >= 15 is 0 Å². The summed E-state index contributed by atoms with van der Waals surface area (Å²) in [7, 11) is 0. The molecule has 0 unspecified atom stereocenters. The van der Waals surface area contributed by atoms with Gasteiger partial charge >= 0.3 is 0 Å². The van der Waals surface area contributed by atoms with Gasteiger partial charge in [0.2, 0.25) is 0 Å². The molecule has 0 amide bonds. The van der Waals surface area contributed by atoms with Crippen molar-refractivity contribution < 1.29 is 4.42 Å². The molecule has 0 atom stereocenters. The van der Waals surface area contributed by atoms with Crippen molar-refractivity contribution in [1.82, 2.24) is 10.3 Å². The number of rotatable bonds is 5. The lowest BCUT2D eigenvalue weighted by molar-refractivity contribution is 0.484. The van der Waals surface area contributed by atoms with E-state index in [0.29, 0.717) is 0 Å². The lowest BCUT2D eigenvalue weighted by atomic mass is 10.4. The first-order valence-electron chi connectivity index (χ1n) is 4.99. The SMILES string of the molecule is Cc1csc(CCNCc2ccco2)n1. The van der Waals surface area contributed by atoms with Crippen LogP contribution in [0.1, 0.15) is 16.5 Å². The molecule has 0 saturated heterocycles. The highest BCUT2D eigenvalue weighted by Crippen LogP contribution is 2.08. The van der Waals surface area contributed by atoms with E-state index in [1.807, 2.05) is 19.1 Å². The van der Waals surface area contributed by atoms with Gasteiger partial charge in [0, 0.05) is 24.0 Å². The zero-order valence-corrected chi connectivity index (χ0v) is 9.51. The molecule has 0 fully saturated rings. The molecule has 2 aromatic rings. The number of furan rings is 1. The number of nitrogens with one attached hydrogen (secondary N) is 1. The minimum atomic E-state index is 0.789. The Labute approximate surface area is 93.2 Å². The first-order chi connectivity index (χ1) is 7.34. The second-order valence-electron chi connectivity index (χ2n) is 3.39. The molecule has 2 aromatic heterocycles. The molecule has 0 radical (unpaired) electrons. The summed E-state index contributed by atoms with van der Waals surface area (Å²) in [6.07, 6.45) is 2.68. The molecular formula is C11H14N2OS. The molecule has 3 nitrogen and oxygen atoms in total. The Morgan fingerprint density at radius 2 is 2.47 bits per heavy atom. The Morgan fingerprint density at radius 3 is 3.13 bits per heavy atom. The third-order valence-corrected chi connectivity index (χ3v) is 3.09. The second-order valence-corrected chi connectivity index (χ2v) is 4.33. The zero-order valence-electron chi connectivity index (χ0n) is 8.69. The lowest BCUT2D eigenvalue weighted by Gasteiger charge is -1.99. The van der Waals surface area contributed by atoms with Crippen LogP contribution in [0.15, 0.2) is 28.2 Å². The van der Waals surface area contributed by atoms with Crippen molar-refractivity contribution in [2.24, 2.45) is 0 Å². The lowest BCUT2D eigenvalue weighted by Crippen LogP contribution is -2.16. The molecule has 1 N–H and O–H groups in total. The van der Waals surface area contributed by atoms with Gasteiger partial charge in [0.1, 0.15) is 5.76 Å². The molecule has 0 saturated carbocycles. The Kier molecular flexibility index (Phi) is 3.53. The fourth-order valence-electron chi connectivity index (χ4n) is 1.34. The number of thiazole rings is 1. The molecule has 0 aliphatic carbocycles. The van der Waals surface area contributed by atoms with Gasteiger partial charge in [-0.25, -0.2) is 4.98 Å². The topological polar surface area (TPSA) is 38.1 Å². The Morgan fingerprint density at radius 1 is 1.53 bits per heavy atom. The average Bonchev–Trinajstić information content (AvgIpc) is 2.84. The summed E-state index contributed by atoms with van der Waals surface area (Å²) >= 11 is 1.72. The van der Waals surface area contributed by atoms with Crippen molar-refractivity contribution in [2.75, 3.05) is 6.54 Å². The van der Waals surface area contributed by atoms with E-state index in [-0.39, 0.29) is 0 Å². The first kappa shape index (κ1) is 10.4. The van der Waals surface area contributed by atoms with Crippen LogP contribution in [0.5, 0.6) is 0 Å². The zero-order chi connectivity index (χ0) is 10.5. The van der Waals surface area contributed by atoms with Crippen LogP contribution in [0.2, 0.25) is 0 Å². The maximum atomic E-state index is 5.21. The van der Waals surface area contributed by atoms with Gasteiger partial charge in [-0.3, -0.25) is 0 Å². The van der Waals surface area contributed by atoms with Crippen molar-refractivity contribution in [3.8, 4) is 0 Å². The Balaban J connectivity index is 1.67. The summed E-state index contributed by atoms with van der Waals surface area (Å²) in [4.78, 5) is 4.40. The quantitative estimate of drug-likeness (QED) is 0.789. The van der Waals surface area contributed by atoms with Crippen molar-refractivity contribution in [3.63, 3.8) is 0 Å². The third-order valence-electron chi connectivity index (χ3n) is 2.06. The van der Waals surface area contributed by atoms with Crippen LogP contribution >= 0.6 is 11.3 Å². The molecule has 0 aromatic carbocycles. The largest absolute Gasteiger partial charge is 0.468 e. The molecule has 0 aliphatic heterocycles. The highest BCUT2D eigenvalue weighted by molar-refractivity contribution is 7.09. The van der Waals surface area contributed by atoms with Crippen LogP contribution in [0, 0.1) is 6.92 Å². The highest BCUT2D eigenvalue weighted by Gasteiger charge is 1.98. The molecule has 15 heavy (non-hydrogen) atoms. The van der Waals surface area contributed by atoms with Crippen LogP contribution in [0.25, 0.3) is 0 Å². The van der Waals surface area contributed by atoms with Crippen molar-refractivity contribution in [2.45, 2.75) is 19.9 Å². The maximum absolute atomic E-state index is 5.21. The van der Waals surface area contributed by atoms with Gasteiger partial charge in [0.05, 0.1) is 17.8 Å². The highest BCUT2D eigenvalue weighted by atomic mass is 32.1. The van der Waals surface area contributed by atoms with Gasteiger partial charge in [-0.15, -0.1) is 11.3 Å². The predicted octanol–water partition coefficient (Wildman–Crippen LogP) is 2.38. The summed E-state index contributed by atoms with van der Waals surface area (Å²) in [5.74, 6) is 0.977. The third kappa shape index (κ3) is 3.18. The average molecular weight is 222 g/mol. The van der Waals surface area contributed by atoms with Gasteiger partial charge in [-0.2, -0.15) is 0 Å². The summed E-state index contributed by atoms with van der Waals surface area (Å²) in [6.45, 7) is 3.75. The standard InChI is InChI=1S/C11H14N2OS/c1-9-8-15-11(13-9)4-5-12-7-10-3-2-6-14-10/h2-3,6,8,12H,4-5,7H2,1H3. The number of hydrogen-bond donors (Lipinski definition) is 1. The first-order valence-corrected chi connectivity index (χ1v) is 5.86. The van der Waals surface area contributed by atoms with Crippen LogP contribution in [0.4, 0.5) is 0 Å². The van der Waals surface area contributed by atoms with E-state index in [9.17, 15) is 0 Å². The molecule has 0 aliphatic rings. The predicted molar refractivity (Wildman–Crippen MR) is 61.0 cm³/mol. The number of aryl methyl sites for hydroxylation is 1. The Bertz CT molecular complexity index is 394. The summed E-state index contributed by atoms with van der Waals surface area (Å²) < 4.78 is 5.21. The number of aromatic nitrogens is 1. The van der Waals surface area contributed by atoms with Crippen LogP contribution < -0.4 is 5.32 Å². The normalized spacial score (nSPS) is 10.7. The van der Waals surface area contributed by atoms with E-state index in [2.05, 4.69) is 15.7 Å². The van der Waals surface area contributed by atoms with Crippen LogP contribution in [0.3, 0.4) is 0 Å². The smallest absolute Gasteiger partial charge is 0.117 e. The van der Waals surface area contributed by atoms with E-state index in [4.69, 9.17) is 4.42 Å². The summed E-state index contributed by atoms with van der Waals surface area (Å²) in [6, 6.07) is 3.88. The molecule has 80 valence electrons. The fourth-order valence-corrected chi connectivity index (χ4v) is 2.11. The summed E-state index contributed by atoms with van der Waals surface area (Å²) in [5.41, 5.74) is 1.11. The van der Waals surface area contributed by atoms with Gasteiger partial charge in [0.15, 0.2) is 0 Å². The van der Waals surface area contributed by atoms with E-state index in [1.165, 1.54) is 5.01 Å². The monoisotopic (exact) mass is 222 g/mol. The number of nitrogens with zero attached hydrogens (tertiary/aromatic N) is 1. The maximum Gasteiger partial charge on any atom is 0.117 e. The molecule has 2 rings (SSSR count). The molecule has 4 heteroatoms. The fraction of sp³-hybridized carbons (Fsp3) is 0.364. The van der Waals surface area contributed by atoms with Gasteiger partial charge < -0.3 is 9.73 Å². The summed E-state index contributed by atoms with van der Waals surface area (Å²) in [5, 5.41) is 6.60. The van der Waals surface area contributed by atoms with Gasteiger partial charge in [-0.05, 0) is 19.1 Å². The van der Waals surface area contributed by atoms with E-state index < -0.39 is 0 Å². The minimum Gasteiger partial charge on any atom is -0.468 e. The molecule has 0 bridgehead atoms. The van der Waals surface area contributed by atoms with E-state index in [0.717, 1.165) is 31.0 Å². The van der Waals surface area contributed by atoms with Crippen molar-refractivity contribution in [3.05, 3.63) is 40.2 Å². The minimum absolute atomic E-state index is 0.789. The van der Waals surface area contributed by atoms with Crippen LogP contribution in [-0.4, -0.2) is 11.5 Å². The van der Waals surface area contributed by atoms with Crippen molar-refractivity contribution >= 4 is 11.3 Å². The number of hydrogen-bond acceptors (Lipinski definition) is 4. The Hall–Kier alpha value is -1.13. The molecule has 2 heterocycles. The van der Waals surface area contributed by atoms with Crippen molar-refractivity contribution in [1.29, 1.82) is 0 Å². The second kappa shape index (κ2) is 5.09. The van der Waals surface area contributed by atoms with Gasteiger partial charge in [-0.1, -0.05) is 0 Å². The van der Waals surface area contributed by atoms with Gasteiger partial charge in [0.25, 0.3) is 0 Å². The van der Waals surface area contributed by atoms with Crippen LogP contribution in [-0.2, 0) is 13.0 Å².